The van der Waals surface area contributed by atoms with E-state index >= 15 is 0 Å². The summed E-state index contributed by atoms with van der Waals surface area (Å²) < 4.78 is 0. The predicted octanol–water partition coefficient (Wildman–Crippen LogP) is 18.3. The maximum Gasteiger partial charge on any atom is 0.235 e. The first-order chi connectivity index (χ1) is 39.7. The Kier molecular flexibility index (Phi) is 12.4. The van der Waals surface area contributed by atoms with Crippen LogP contribution in [-0.4, -0.2) is 29.9 Å². The van der Waals surface area contributed by atoms with Gasteiger partial charge in [-0.1, -0.05) is 237 Å². The average molecular weight is 1030 g/mol. The first kappa shape index (κ1) is 47.5. The number of hydrogen-bond acceptors (Lipinski definition) is 8. The van der Waals surface area contributed by atoms with Gasteiger partial charge in [-0.05, 0) is 65.7 Å². The minimum atomic E-state index is 0.535. The Morgan fingerprint density at radius 1 is 0.188 bits per heavy atom. The summed E-state index contributed by atoms with van der Waals surface area (Å²) in [6, 6.07) is 100. The van der Waals surface area contributed by atoms with E-state index in [0.29, 0.717) is 17.6 Å². The summed E-state index contributed by atoms with van der Waals surface area (Å²) in [4.78, 5) is 37.5. The maximum atomic E-state index is 5.56. The fourth-order valence-corrected chi connectivity index (χ4v) is 10.6. The van der Waals surface area contributed by atoms with E-state index in [1.807, 2.05) is 109 Å². The Labute approximate surface area is 464 Å². The highest BCUT2D eigenvalue weighted by atomic mass is 15.3. The van der Waals surface area contributed by atoms with E-state index in [0.717, 1.165) is 118 Å². The summed E-state index contributed by atoms with van der Waals surface area (Å²) in [6.45, 7) is 0. The Hall–Kier alpha value is -11.0. The van der Waals surface area contributed by atoms with Gasteiger partial charge in [0, 0.05) is 44.5 Å². The van der Waals surface area contributed by atoms with Crippen molar-refractivity contribution in [1.82, 2.24) is 29.9 Å². The van der Waals surface area contributed by atoms with E-state index in [1.54, 1.807) is 0 Å². The van der Waals surface area contributed by atoms with Gasteiger partial charge in [0.25, 0.3) is 0 Å². The lowest BCUT2D eigenvalue weighted by Crippen LogP contribution is -2.26. The molecule has 0 radical (unpaired) electrons. The lowest BCUT2D eigenvalue weighted by Gasteiger charge is -2.40. The van der Waals surface area contributed by atoms with Crippen LogP contribution in [0.4, 0.5) is 34.4 Å². The summed E-state index contributed by atoms with van der Waals surface area (Å²) in [5, 5.41) is 0. The lowest BCUT2D eigenvalue weighted by molar-refractivity contribution is 1.06. The maximum absolute atomic E-state index is 5.56. The van der Waals surface area contributed by atoms with Gasteiger partial charge in [0.15, 0.2) is 11.6 Å². The molecule has 1 aliphatic heterocycles. The molecule has 0 saturated heterocycles. The van der Waals surface area contributed by atoms with Crippen LogP contribution in [0.25, 0.3) is 101 Å². The molecule has 376 valence electrons. The van der Waals surface area contributed by atoms with E-state index in [1.165, 1.54) is 0 Å². The number of nitrogens with zero attached hydrogens (tertiary/aromatic N) is 8. The predicted molar refractivity (Wildman–Crippen MR) is 325 cm³/mol. The van der Waals surface area contributed by atoms with Gasteiger partial charge in [0.2, 0.25) is 5.95 Å². The van der Waals surface area contributed by atoms with Crippen molar-refractivity contribution >= 4 is 34.4 Å². The molecule has 13 aromatic rings. The molecule has 80 heavy (non-hydrogen) atoms. The van der Waals surface area contributed by atoms with Gasteiger partial charge in [-0.2, -0.15) is 0 Å². The molecule has 0 fully saturated rings. The molecular formula is C72H48N8. The number of benzene rings is 10. The molecule has 0 N–H and O–H groups in total. The second kappa shape index (κ2) is 20.9. The van der Waals surface area contributed by atoms with Crippen molar-refractivity contribution in [2.24, 2.45) is 0 Å². The fraction of sp³-hybridized carbons (Fsp3) is 0. The molecular weight excluding hydrogens is 977 g/mol. The second-order valence-corrected chi connectivity index (χ2v) is 19.5. The van der Waals surface area contributed by atoms with Crippen molar-refractivity contribution in [3.63, 3.8) is 0 Å². The highest BCUT2D eigenvalue weighted by Gasteiger charge is 2.35. The van der Waals surface area contributed by atoms with Crippen LogP contribution in [0.3, 0.4) is 0 Å². The van der Waals surface area contributed by atoms with E-state index < -0.39 is 0 Å². The largest absolute Gasteiger partial charge is 0.306 e. The van der Waals surface area contributed by atoms with Crippen LogP contribution in [0.1, 0.15) is 0 Å². The molecule has 10 aromatic carbocycles. The standard InChI is InChI=1S/C72H48N8/c1-8-26-49(27-9-1)56-45-69(79-65-40-22-24-42-67(65)80(68-43-25-23-41-66(68)79)72-77-63(54-36-18-6-19-37-54)48-64(78-72)55-38-20-7-21-39-55)58(71-75-61(52-32-14-4-15-33-52)47-62(76-71)53-34-16-5-17-35-53)44-57(56)70-73-59(50-28-10-2-11-29-50)46-60(74-70)51-30-12-3-13-31-51/h1-48H. The number of para-hydroxylation sites is 4. The Balaban J connectivity index is 1.07. The van der Waals surface area contributed by atoms with Crippen molar-refractivity contribution in [1.29, 1.82) is 0 Å². The van der Waals surface area contributed by atoms with Crippen molar-refractivity contribution < 1.29 is 0 Å². The highest BCUT2D eigenvalue weighted by Crippen LogP contribution is 2.56. The quantitative estimate of drug-likeness (QED) is 0.127. The smallest absolute Gasteiger partial charge is 0.235 e. The Morgan fingerprint density at radius 3 is 0.775 bits per heavy atom. The normalized spacial score (nSPS) is 11.7. The molecule has 0 bridgehead atoms. The third kappa shape index (κ3) is 9.12. The van der Waals surface area contributed by atoms with Crippen molar-refractivity contribution in [2.45, 2.75) is 0 Å². The molecule has 0 amide bonds. The molecule has 14 rings (SSSR count). The molecule has 0 aliphatic carbocycles. The molecule has 0 saturated carbocycles. The van der Waals surface area contributed by atoms with Gasteiger partial charge < -0.3 is 4.90 Å². The molecule has 8 nitrogen and oxygen atoms in total. The van der Waals surface area contributed by atoms with Crippen LogP contribution in [0.15, 0.2) is 291 Å². The van der Waals surface area contributed by atoms with Gasteiger partial charge >= 0.3 is 0 Å². The zero-order valence-corrected chi connectivity index (χ0v) is 43.3. The highest BCUT2D eigenvalue weighted by molar-refractivity contribution is 6.05. The second-order valence-electron chi connectivity index (χ2n) is 19.5. The molecule has 0 spiro atoms. The minimum absolute atomic E-state index is 0.535. The number of fused-ring (bicyclic) bond motifs is 2. The van der Waals surface area contributed by atoms with E-state index in [4.69, 9.17) is 29.9 Å². The summed E-state index contributed by atoms with van der Waals surface area (Å²) in [5.74, 6) is 1.64. The third-order valence-corrected chi connectivity index (χ3v) is 14.5. The molecule has 1 aliphatic rings. The number of rotatable bonds is 11. The van der Waals surface area contributed by atoms with Gasteiger partial charge in [0.1, 0.15) is 0 Å². The van der Waals surface area contributed by atoms with E-state index in [9.17, 15) is 0 Å². The molecule has 3 aromatic heterocycles. The first-order valence-corrected chi connectivity index (χ1v) is 26.7. The fourth-order valence-electron chi connectivity index (χ4n) is 10.6. The summed E-state index contributed by atoms with van der Waals surface area (Å²) in [7, 11) is 0. The van der Waals surface area contributed by atoms with E-state index in [-0.39, 0.29) is 0 Å². The SMILES string of the molecule is c1ccc(-c2cc(-c3ccccc3)nc(-c3cc(-c4nc(-c5ccccc5)cc(-c5ccccc5)n4)c(N4c5ccccc5N(c5nc(-c6ccccc6)cc(-c6ccccc6)n5)c5ccccc54)cc3-c3ccccc3)n2)cc1. The summed E-state index contributed by atoms with van der Waals surface area (Å²) >= 11 is 0. The average Bonchev–Trinajstić information content (AvgIpc) is 3.68. The lowest BCUT2D eigenvalue weighted by atomic mass is 9.93. The van der Waals surface area contributed by atoms with Crippen LogP contribution < -0.4 is 9.80 Å². The van der Waals surface area contributed by atoms with Gasteiger partial charge in [-0.25, -0.2) is 29.9 Å². The monoisotopic (exact) mass is 1020 g/mol. The van der Waals surface area contributed by atoms with Crippen molar-refractivity contribution in [3.05, 3.63) is 291 Å². The zero-order valence-electron chi connectivity index (χ0n) is 43.3. The summed E-state index contributed by atoms with van der Waals surface area (Å²) in [6.07, 6.45) is 0. The van der Waals surface area contributed by atoms with Gasteiger partial charge in [-0.3, -0.25) is 4.90 Å². The topological polar surface area (TPSA) is 83.8 Å². The zero-order chi connectivity index (χ0) is 53.2. The van der Waals surface area contributed by atoms with Crippen LogP contribution in [0, 0.1) is 0 Å². The third-order valence-electron chi connectivity index (χ3n) is 14.5. The van der Waals surface area contributed by atoms with Crippen molar-refractivity contribution in [2.75, 3.05) is 9.80 Å². The van der Waals surface area contributed by atoms with Crippen molar-refractivity contribution in [3.8, 4) is 101 Å². The molecule has 4 heterocycles. The molecule has 8 heteroatoms. The Bertz CT molecular complexity index is 4120. The van der Waals surface area contributed by atoms with Crippen LogP contribution >= 0.6 is 0 Å². The molecule has 0 unspecified atom stereocenters. The van der Waals surface area contributed by atoms with Crippen LogP contribution in [0.5, 0.6) is 0 Å². The van der Waals surface area contributed by atoms with Gasteiger partial charge in [0.05, 0.1) is 62.6 Å². The Morgan fingerprint density at radius 2 is 0.450 bits per heavy atom. The minimum Gasteiger partial charge on any atom is -0.306 e. The number of aromatic nitrogens is 6. The van der Waals surface area contributed by atoms with E-state index in [2.05, 4.69) is 192 Å². The molecule has 0 atom stereocenters. The van der Waals surface area contributed by atoms with Crippen LogP contribution in [0.2, 0.25) is 0 Å². The first-order valence-electron chi connectivity index (χ1n) is 26.7. The van der Waals surface area contributed by atoms with Crippen LogP contribution in [-0.2, 0) is 0 Å². The number of hydrogen-bond donors (Lipinski definition) is 0. The number of anilines is 6. The van der Waals surface area contributed by atoms with Gasteiger partial charge in [-0.15, -0.1) is 0 Å². The summed E-state index contributed by atoms with van der Waals surface area (Å²) in [5.41, 5.74) is 18.7.